The summed E-state index contributed by atoms with van der Waals surface area (Å²) in [7, 11) is 1.35. The number of ketones is 1. The predicted octanol–water partition coefficient (Wildman–Crippen LogP) is 4.45. The van der Waals surface area contributed by atoms with Crippen LogP contribution in [0.5, 0.6) is 0 Å². The Morgan fingerprint density at radius 2 is 1.97 bits per heavy atom. The SMILES string of the molecule is COC(=O)c1cccc(C23C=C(C#N)C(=O)[C@@H](C)[C@@H]2CCc2cnc(-c4ccccc4)nc23)c1. The molecule has 0 saturated carbocycles. The first-order chi connectivity index (χ1) is 16.5. The molecule has 0 saturated heterocycles. The number of fused-ring (bicyclic) bond motifs is 3. The van der Waals surface area contributed by atoms with Crippen LogP contribution in [0.2, 0.25) is 0 Å². The molecule has 2 aliphatic rings. The lowest BCUT2D eigenvalue weighted by atomic mass is 9.54. The third kappa shape index (κ3) is 3.24. The molecule has 34 heavy (non-hydrogen) atoms. The van der Waals surface area contributed by atoms with Crippen LogP contribution >= 0.6 is 0 Å². The lowest BCUT2D eigenvalue weighted by molar-refractivity contribution is -0.121. The van der Waals surface area contributed by atoms with E-state index in [-0.39, 0.29) is 23.2 Å². The summed E-state index contributed by atoms with van der Waals surface area (Å²) in [4.78, 5) is 35.0. The maximum atomic E-state index is 13.0. The number of aromatic nitrogens is 2. The molecule has 0 spiro atoms. The van der Waals surface area contributed by atoms with E-state index in [9.17, 15) is 14.9 Å². The lowest BCUT2D eigenvalue weighted by Gasteiger charge is -2.48. The molecule has 3 atom stereocenters. The number of hydrogen-bond donors (Lipinski definition) is 0. The van der Waals surface area contributed by atoms with Gasteiger partial charge in [0.15, 0.2) is 11.6 Å². The van der Waals surface area contributed by atoms with E-state index < -0.39 is 11.4 Å². The van der Waals surface area contributed by atoms with Crippen molar-refractivity contribution in [1.82, 2.24) is 9.97 Å². The fraction of sp³-hybridized carbons (Fsp3) is 0.250. The van der Waals surface area contributed by atoms with Gasteiger partial charge in [0.1, 0.15) is 6.07 Å². The number of nitrogens with zero attached hydrogens (tertiary/aromatic N) is 3. The van der Waals surface area contributed by atoms with E-state index in [4.69, 9.17) is 9.72 Å². The lowest BCUT2D eigenvalue weighted by Crippen LogP contribution is -2.48. The third-order valence-electron chi connectivity index (χ3n) is 7.13. The summed E-state index contributed by atoms with van der Waals surface area (Å²) in [6.45, 7) is 1.89. The van der Waals surface area contributed by atoms with E-state index in [1.54, 1.807) is 18.2 Å². The zero-order valence-electron chi connectivity index (χ0n) is 19.0. The van der Waals surface area contributed by atoms with Crippen LogP contribution in [0, 0.1) is 23.2 Å². The van der Waals surface area contributed by atoms with Gasteiger partial charge in [0.2, 0.25) is 0 Å². The second-order valence-corrected chi connectivity index (χ2v) is 8.84. The van der Waals surface area contributed by atoms with Crippen molar-refractivity contribution in [2.45, 2.75) is 25.2 Å². The summed E-state index contributed by atoms with van der Waals surface area (Å²) >= 11 is 0. The van der Waals surface area contributed by atoms with Crippen LogP contribution in [0.4, 0.5) is 0 Å². The van der Waals surface area contributed by atoms with Gasteiger partial charge < -0.3 is 4.74 Å². The van der Waals surface area contributed by atoms with Gasteiger partial charge in [0.25, 0.3) is 0 Å². The van der Waals surface area contributed by atoms with E-state index in [0.29, 0.717) is 11.4 Å². The van der Waals surface area contributed by atoms with Crippen LogP contribution in [0.25, 0.3) is 11.4 Å². The quantitative estimate of drug-likeness (QED) is 0.549. The number of allylic oxidation sites excluding steroid dienone is 2. The van der Waals surface area contributed by atoms with E-state index in [2.05, 4.69) is 11.1 Å². The first-order valence-corrected chi connectivity index (χ1v) is 11.3. The Morgan fingerprint density at radius 1 is 1.18 bits per heavy atom. The van der Waals surface area contributed by atoms with Crippen molar-refractivity contribution in [1.29, 1.82) is 5.26 Å². The minimum absolute atomic E-state index is 0.115. The highest BCUT2D eigenvalue weighted by molar-refractivity contribution is 6.02. The molecular weight excluding hydrogens is 426 g/mol. The van der Waals surface area contributed by atoms with Crippen LogP contribution in [0.1, 0.15) is 40.5 Å². The smallest absolute Gasteiger partial charge is 0.337 e. The van der Waals surface area contributed by atoms with Crippen molar-refractivity contribution in [3.63, 3.8) is 0 Å². The number of ether oxygens (including phenoxy) is 1. The number of hydrogen-bond acceptors (Lipinski definition) is 6. The monoisotopic (exact) mass is 449 g/mol. The Morgan fingerprint density at radius 3 is 2.71 bits per heavy atom. The molecule has 2 aromatic carbocycles. The molecule has 0 radical (unpaired) electrons. The van der Waals surface area contributed by atoms with Gasteiger partial charge in [-0.1, -0.05) is 49.4 Å². The molecule has 1 aromatic heterocycles. The average Bonchev–Trinajstić information content (AvgIpc) is 2.90. The number of esters is 1. The first kappa shape index (κ1) is 21.7. The standard InChI is InChI=1S/C28H23N3O3/c1-17-23-12-11-20-16-30-26(18-7-4-3-5-8-18)31-25(20)28(23,14-21(15-29)24(17)32)22-10-6-9-19(13-22)27(33)34-2/h3-10,13-14,16-17,23H,11-12H2,1-2H3/t17-,23-,28?/m0/s1. The van der Waals surface area contributed by atoms with Crippen LogP contribution in [-0.4, -0.2) is 28.8 Å². The van der Waals surface area contributed by atoms with Gasteiger partial charge >= 0.3 is 5.97 Å². The molecule has 0 aliphatic heterocycles. The number of carbonyl (C=O) groups excluding carboxylic acids is 2. The van der Waals surface area contributed by atoms with Crippen LogP contribution in [-0.2, 0) is 21.4 Å². The molecule has 0 amide bonds. The molecule has 6 heteroatoms. The summed E-state index contributed by atoms with van der Waals surface area (Å²) in [5.41, 5.74) is 3.15. The highest BCUT2D eigenvalue weighted by Crippen LogP contribution is 2.53. The zero-order chi connectivity index (χ0) is 23.9. The minimum atomic E-state index is -0.845. The molecule has 2 aliphatic carbocycles. The highest BCUT2D eigenvalue weighted by Gasteiger charge is 2.53. The van der Waals surface area contributed by atoms with E-state index in [1.165, 1.54) is 7.11 Å². The Hall–Kier alpha value is -4.11. The second-order valence-electron chi connectivity index (χ2n) is 8.84. The molecule has 0 bridgehead atoms. The largest absolute Gasteiger partial charge is 0.465 e. The fourth-order valence-electron chi connectivity index (χ4n) is 5.48. The number of nitriles is 1. The number of Topliss-reactive ketones (excluding diaryl/α,β-unsaturated/α-hetero) is 1. The highest BCUT2D eigenvalue weighted by atomic mass is 16.5. The molecular formula is C28H23N3O3. The number of aryl methyl sites for hydroxylation is 1. The summed E-state index contributed by atoms with van der Waals surface area (Å²) in [5, 5.41) is 9.85. The predicted molar refractivity (Wildman–Crippen MR) is 126 cm³/mol. The maximum absolute atomic E-state index is 13.0. The average molecular weight is 450 g/mol. The van der Waals surface area contributed by atoms with Crippen molar-refractivity contribution in [2.75, 3.05) is 7.11 Å². The summed E-state index contributed by atoms with van der Waals surface area (Å²) in [5.74, 6) is -0.489. The van der Waals surface area contributed by atoms with Gasteiger partial charge in [-0.05, 0) is 48.1 Å². The third-order valence-corrected chi connectivity index (χ3v) is 7.13. The van der Waals surface area contributed by atoms with Gasteiger partial charge in [-0.15, -0.1) is 0 Å². The van der Waals surface area contributed by atoms with E-state index >= 15 is 0 Å². The Labute approximate surface area is 197 Å². The van der Waals surface area contributed by atoms with Crippen LogP contribution in [0.3, 0.4) is 0 Å². The van der Waals surface area contributed by atoms with Crippen molar-refractivity contribution < 1.29 is 14.3 Å². The summed E-state index contributed by atoms with van der Waals surface area (Å²) in [6.07, 6.45) is 5.11. The second kappa shape index (κ2) is 8.35. The maximum Gasteiger partial charge on any atom is 0.337 e. The Bertz CT molecular complexity index is 1370. The molecule has 6 nitrogen and oxygen atoms in total. The molecule has 1 unspecified atom stereocenters. The zero-order valence-corrected chi connectivity index (χ0v) is 19.0. The Kier molecular flexibility index (Phi) is 5.33. The number of rotatable bonds is 3. The van der Waals surface area contributed by atoms with Crippen LogP contribution < -0.4 is 0 Å². The van der Waals surface area contributed by atoms with Gasteiger partial charge in [-0.2, -0.15) is 5.26 Å². The molecule has 168 valence electrons. The first-order valence-electron chi connectivity index (χ1n) is 11.3. The molecule has 3 aromatic rings. The molecule has 0 fully saturated rings. The van der Waals surface area contributed by atoms with Gasteiger partial charge in [-0.3, -0.25) is 4.79 Å². The normalized spacial score (nSPS) is 23.2. The van der Waals surface area contributed by atoms with Crippen molar-refractivity contribution in [3.05, 3.63) is 94.8 Å². The van der Waals surface area contributed by atoms with Crippen molar-refractivity contribution >= 4 is 11.8 Å². The van der Waals surface area contributed by atoms with E-state index in [0.717, 1.165) is 35.2 Å². The van der Waals surface area contributed by atoms with Crippen molar-refractivity contribution in [3.8, 4) is 17.5 Å². The van der Waals surface area contributed by atoms with E-state index in [1.807, 2.05) is 55.6 Å². The summed E-state index contributed by atoms with van der Waals surface area (Å²) < 4.78 is 4.95. The fourth-order valence-corrected chi connectivity index (χ4v) is 5.48. The number of carbonyl (C=O) groups is 2. The molecule has 0 N–H and O–H groups in total. The molecule has 1 heterocycles. The topological polar surface area (TPSA) is 92.9 Å². The minimum Gasteiger partial charge on any atom is -0.465 e. The summed E-state index contributed by atoms with van der Waals surface area (Å²) in [6, 6.07) is 19.1. The van der Waals surface area contributed by atoms with Crippen LogP contribution in [0.15, 0.2) is 72.4 Å². The van der Waals surface area contributed by atoms with Gasteiger partial charge in [0.05, 0.1) is 29.4 Å². The number of benzene rings is 2. The van der Waals surface area contributed by atoms with Gasteiger partial charge in [-0.25, -0.2) is 14.8 Å². The molecule has 5 rings (SSSR count). The Balaban J connectivity index is 1.83. The number of methoxy groups -OCH3 is 1. The van der Waals surface area contributed by atoms with Crippen molar-refractivity contribution in [2.24, 2.45) is 11.8 Å². The van der Waals surface area contributed by atoms with Gasteiger partial charge in [0, 0.05) is 17.7 Å².